The third-order valence-electron chi connectivity index (χ3n) is 14.5. The highest BCUT2D eigenvalue weighted by atomic mass is 35.5. The Kier molecular flexibility index (Phi) is 16.7. The van der Waals surface area contributed by atoms with Crippen molar-refractivity contribution in [3.63, 3.8) is 0 Å². The van der Waals surface area contributed by atoms with Crippen molar-refractivity contribution in [3.8, 4) is 17.2 Å². The molecular weight excluding hydrogens is 927 g/mol. The lowest BCUT2D eigenvalue weighted by molar-refractivity contribution is -0.174. The number of halogens is 4. The summed E-state index contributed by atoms with van der Waals surface area (Å²) in [6, 6.07) is 19.6. The number of ether oxygens (including phenoxy) is 5. The third-order valence-corrected chi connectivity index (χ3v) is 14.7. The highest BCUT2D eigenvalue weighted by molar-refractivity contribution is 6.31. The predicted molar refractivity (Wildman–Crippen MR) is 258 cm³/mol. The van der Waals surface area contributed by atoms with Crippen LogP contribution in [-0.2, 0) is 53.3 Å². The summed E-state index contributed by atoms with van der Waals surface area (Å²) in [5.41, 5.74) is 2.23. The van der Waals surface area contributed by atoms with Crippen LogP contribution in [0.1, 0.15) is 112 Å². The number of anilines is 1. The number of rotatable bonds is 19. The lowest BCUT2D eigenvalue weighted by Gasteiger charge is -2.51. The fraction of sp³-hybridized carbons (Fsp3) is 0.500. The highest BCUT2D eigenvalue weighted by Gasteiger charge is 2.60. The van der Waals surface area contributed by atoms with E-state index in [4.69, 9.17) is 35.3 Å². The van der Waals surface area contributed by atoms with E-state index in [9.17, 15) is 32.3 Å². The summed E-state index contributed by atoms with van der Waals surface area (Å²) in [4.78, 5) is 58.9. The molecule has 3 aromatic carbocycles. The van der Waals surface area contributed by atoms with Crippen LogP contribution in [0.3, 0.4) is 0 Å². The number of amides is 2. The molecule has 1 unspecified atom stereocenters. The number of nitrogens with one attached hydrogen (secondary N) is 1. The molecule has 4 atom stereocenters. The average Bonchev–Trinajstić information content (AvgIpc) is 3.62. The maximum absolute atomic E-state index is 14.6. The van der Waals surface area contributed by atoms with Crippen LogP contribution in [0.4, 0.5) is 18.9 Å². The molecule has 2 amide bonds. The van der Waals surface area contributed by atoms with E-state index >= 15 is 0 Å². The monoisotopic (exact) mass is 989 g/mol. The smallest absolute Gasteiger partial charge is 0.471 e. The van der Waals surface area contributed by atoms with Crippen molar-refractivity contribution in [2.45, 2.75) is 127 Å². The maximum atomic E-state index is 14.6. The van der Waals surface area contributed by atoms with Crippen LogP contribution < -0.4 is 24.4 Å². The zero-order valence-electron chi connectivity index (χ0n) is 40.5. The molecule has 7 rings (SSSR count). The Labute approximate surface area is 412 Å². The minimum absolute atomic E-state index is 0.0119. The van der Waals surface area contributed by atoms with Gasteiger partial charge in [0.2, 0.25) is 5.91 Å². The Bertz CT molecular complexity index is 2510. The summed E-state index contributed by atoms with van der Waals surface area (Å²) in [7, 11) is 2.66. The van der Waals surface area contributed by atoms with Gasteiger partial charge in [0, 0.05) is 41.0 Å². The van der Waals surface area contributed by atoms with Gasteiger partial charge in [0.1, 0.15) is 28.8 Å². The van der Waals surface area contributed by atoms with E-state index < -0.39 is 41.0 Å². The van der Waals surface area contributed by atoms with Gasteiger partial charge >= 0.3 is 24.0 Å². The summed E-state index contributed by atoms with van der Waals surface area (Å²) in [6.07, 6.45) is 1.75. The van der Waals surface area contributed by atoms with E-state index in [-0.39, 0.29) is 80.2 Å². The standard InChI is InChI=1S/C54H63ClF3N3O9/c1-6-68-49(63)44(30-37-13-7-8-17-45(37)66-4)60-47(62)18-11-27-69-41-20-19-36-29-38(28-34(2)33-70-46-21-26-59-43-16-9-12-35(3)48(43)46)52(42(36)32-41)22-24-53(25-23-52,51(65)67-5)61(50(64)54(56,57)58)40-15-10-14-39(55)31-40/h7-8,10,13-15,17,19-21,26,31-32,34-35,38,44H,6,9,11-12,16,18,22-25,27-30,33H2,1-5H3,(H,60,62)/t34-,35-,38+,44?,52?,53?/m1/s1. The SMILES string of the molecule is CCOC(=O)C(Cc1ccccc1OC)NC(=O)CCCOc1ccc2c(c1)C1(CCC(C(=O)OC)(N(C(=O)C(F)(F)F)c3cccc(Cl)c3)CC1)[C@@H](C[C@@H](C)COc1ccnc3c1[C@H](C)CCC3)C2. The first kappa shape index (κ1) is 52.0. The first-order valence-corrected chi connectivity index (χ1v) is 24.6. The Morgan fingerprint density at radius 1 is 0.957 bits per heavy atom. The lowest BCUT2D eigenvalue weighted by atomic mass is 9.59. The number of esters is 2. The fourth-order valence-corrected chi connectivity index (χ4v) is 11.3. The fourth-order valence-electron chi connectivity index (χ4n) is 11.1. The molecule has 3 aliphatic rings. The molecule has 3 aliphatic carbocycles. The lowest BCUT2D eigenvalue weighted by Crippen LogP contribution is -2.63. The van der Waals surface area contributed by atoms with Crippen molar-refractivity contribution in [1.29, 1.82) is 0 Å². The molecular formula is C54H63ClF3N3O9. The van der Waals surface area contributed by atoms with Crippen LogP contribution in [0.5, 0.6) is 17.2 Å². The van der Waals surface area contributed by atoms with Gasteiger partial charge in [0.05, 0.1) is 34.0 Å². The van der Waals surface area contributed by atoms with E-state index in [1.54, 1.807) is 19.2 Å². The second-order valence-corrected chi connectivity index (χ2v) is 19.4. The number of methoxy groups -OCH3 is 2. The largest absolute Gasteiger partial charge is 0.496 e. The molecule has 1 fully saturated rings. The van der Waals surface area contributed by atoms with Crippen molar-refractivity contribution < 1.29 is 56.0 Å². The molecule has 376 valence electrons. The van der Waals surface area contributed by atoms with Gasteiger partial charge in [0.15, 0.2) is 0 Å². The molecule has 70 heavy (non-hydrogen) atoms. The number of para-hydroxylation sites is 1. The second kappa shape index (κ2) is 22.5. The van der Waals surface area contributed by atoms with Crippen LogP contribution >= 0.6 is 11.6 Å². The van der Waals surface area contributed by atoms with Gasteiger partial charge in [-0.3, -0.25) is 19.5 Å². The summed E-state index contributed by atoms with van der Waals surface area (Å²) in [5, 5.41) is 2.92. The van der Waals surface area contributed by atoms with Crippen LogP contribution in [0.15, 0.2) is 79.0 Å². The van der Waals surface area contributed by atoms with Crippen molar-refractivity contribution in [2.75, 3.05) is 38.9 Å². The van der Waals surface area contributed by atoms with Crippen molar-refractivity contribution in [3.05, 3.63) is 112 Å². The molecule has 12 nitrogen and oxygen atoms in total. The van der Waals surface area contributed by atoms with Crippen molar-refractivity contribution in [1.82, 2.24) is 10.3 Å². The van der Waals surface area contributed by atoms with Crippen molar-refractivity contribution in [2.24, 2.45) is 11.8 Å². The zero-order chi connectivity index (χ0) is 50.2. The van der Waals surface area contributed by atoms with Crippen LogP contribution in [0.25, 0.3) is 0 Å². The molecule has 1 spiro atoms. The molecule has 0 bridgehead atoms. The molecule has 1 N–H and O–H groups in total. The maximum Gasteiger partial charge on any atom is 0.471 e. The zero-order valence-corrected chi connectivity index (χ0v) is 41.3. The number of aromatic nitrogens is 1. The van der Waals surface area contributed by atoms with Gasteiger partial charge in [-0.15, -0.1) is 0 Å². The number of hydrogen-bond acceptors (Lipinski definition) is 10. The van der Waals surface area contributed by atoms with E-state index in [2.05, 4.69) is 24.1 Å². The number of carbonyl (C=O) groups is 4. The number of fused-ring (bicyclic) bond motifs is 3. The van der Waals surface area contributed by atoms with Gasteiger partial charge in [-0.05, 0) is 153 Å². The summed E-state index contributed by atoms with van der Waals surface area (Å²) >= 11 is 6.29. The molecule has 0 radical (unpaired) electrons. The number of nitrogens with zero attached hydrogens (tertiary/aromatic N) is 2. The number of alkyl halides is 3. The third kappa shape index (κ3) is 11.3. The van der Waals surface area contributed by atoms with E-state index in [1.165, 1.54) is 31.4 Å². The van der Waals surface area contributed by atoms with Crippen molar-refractivity contribution >= 4 is 41.0 Å². The van der Waals surface area contributed by atoms with Gasteiger partial charge in [0.25, 0.3) is 0 Å². The molecule has 0 aliphatic heterocycles. The first-order chi connectivity index (χ1) is 33.5. The number of pyridine rings is 1. The first-order valence-electron chi connectivity index (χ1n) is 24.2. The molecule has 16 heteroatoms. The van der Waals surface area contributed by atoms with Crippen LogP contribution in [0.2, 0.25) is 5.02 Å². The topological polar surface area (TPSA) is 143 Å². The van der Waals surface area contributed by atoms with Crippen LogP contribution in [-0.4, -0.2) is 80.5 Å². The quantitative estimate of drug-likeness (QED) is 0.0713. The minimum Gasteiger partial charge on any atom is -0.496 e. The van der Waals surface area contributed by atoms with Gasteiger partial charge in [-0.1, -0.05) is 55.8 Å². The number of benzene rings is 3. The van der Waals surface area contributed by atoms with E-state index in [0.717, 1.165) is 60.1 Å². The highest BCUT2D eigenvalue weighted by Crippen LogP contribution is 2.58. The Balaban J connectivity index is 1.12. The minimum atomic E-state index is -5.31. The normalized spacial score (nSPS) is 21.4. The number of aryl methyl sites for hydroxylation is 1. The molecule has 1 saturated carbocycles. The second-order valence-electron chi connectivity index (χ2n) is 19.0. The van der Waals surface area contributed by atoms with Crippen LogP contribution in [0, 0.1) is 11.8 Å². The van der Waals surface area contributed by atoms with E-state index in [1.807, 2.05) is 42.5 Å². The Morgan fingerprint density at radius 3 is 2.44 bits per heavy atom. The predicted octanol–water partition coefficient (Wildman–Crippen LogP) is 10.2. The Morgan fingerprint density at radius 2 is 1.73 bits per heavy atom. The summed E-state index contributed by atoms with van der Waals surface area (Å²) in [5.74, 6) is -1.68. The average molecular weight is 991 g/mol. The molecule has 4 aromatic rings. The molecule has 1 heterocycles. The van der Waals surface area contributed by atoms with Gasteiger partial charge in [-0.25, -0.2) is 9.59 Å². The summed E-state index contributed by atoms with van der Waals surface area (Å²) in [6.45, 7) is 6.79. The number of carbonyl (C=O) groups excluding carboxylic acids is 4. The van der Waals surface area contributed by atoms with E-state index in [0.29, 0.717) is 48.2 Å². The number of hydrogen-bond donors (Lipinski definition) is 1. The van der Waals surface area contributed by atoms with Gasteiger partial charge < -0.3 is 29.0 Å². The van der Waals surface area contributed by atoms with Gasteiger partial charge in [-0.2, -0.15) is 13.2 Å². The Hall–Kier alpha value is -5.83. The summed E-state index contributed by atoms with van der Waals surface area (Å²) < 4.78 is 72.5. The molecule has 1 aromatic heterocycles. The molecule has 0 saturated heterocycles.